The van der Waals surface area contributed by atoms with Gasteiger partial charge in [-0.3, -0.25) is 4.79 Å². The van der Waals surface area contributed by atoms with Crippen molar-refractivity contribution in [2.45, 2.75) is 6.92 Å². The molecule has 1 aromatic carbocycles. The molecule has 1 amide bonds. The summed E-state index contributed by atoms with van der Waals surface area (Å²) >= 11 is 5.86. The van der Waals surface area contributed by atoms with Crippen molar-refractivity contribution in [3.05, 3.63) is 64.6 Å². The topological polar surface area (TPSA) is 42.0 Å². The van der Waals surface area contributed by atoms with Crippen molar-refractivity contribution in [3.63, 3.8) is 0 Å². The van der Waals surface area contributed by atoms with E-state index in [0.717, 1.165) is 5.56 Å². The van der Waals surface area contributed by atoms with E-state index in [4.69, 9.17) is 11.6 Å². The van der Waals surface area contributed by atoms with Crippen LogP contribution < -0.4 is 5.32 Å². The molecule has 2 rings (SSSR count). The quantitative estimate of drug-likeness (QED) is 0.873. The Morgan fingerprint density at radius 1 is 1.40 bits per heavy atom. The van der Waals surface area contributed by atoms with E-state index in [1.165, 1.54) is 24.3 Å². The van der Waals surface area contributed by atoms with E-state index in [1.807, 2.05) is 13.0 Å². The molecule has 102 valence electrons. The second-order valence-corrected chi connectivity index (χ2v) is 4.58. The lowest BCUT2D eigenvalue weighted by atomic mass is 10.2. The van der Waals surface area contributed by atoms with Crippen LogP contribution in [0.4, 0.5) is 10.2 Å². The summed E-state index contributed by atoms with van der Waals surface area (Å²) in [5.41, 5.74) is 1.16. The molecular weight excluding hydrogens is 279 g/mol. The molecule has 0 radical (unpaired) electrons. The predicted molar refractivity (Wildman–Crippen MR) is 78.0 cm³/mol. The highest BCUT2D eigenvalue weighted by molar-refractivity contribution is 6.32. The SMILES string of the molecule is Cc1ccnc(NC(=O)C=Cc2c(F)cccc2Cl)c1. The number of aryl methyl sites for hydroxylation is 1. The van der Waals surface area contributed by atoms with Crippen LogP contribution in [0.1, 0.15) is 11.1 Å². The third-order valence-electron chi connectivity index (χ3n) is 2.57. The molecule has 5 heteroatoms. The molecule has 0 saturated heterocycles. The number of nitrogens with zero attached hydrogens (tertiary/aromatic N) is 1. The number of carbonyl (C=O) groups is 1. The number of amides is 1. The minimum atomic E-state index is -0.477. The third kappa shape index (κ3) is 3.65. The number of aromatic nitrogens is 1. The number of hydrogen-bond acceptors (Lipinski definition) is 2. The lowest BCUT2D eigenvalue weighted by molar-refractivity contribution is -0.111. The van der Waals surface area contributed by atoms with Crippen molar-refractivity contribution in [2.24, 2.45) is 0 Å². The molecular formula is C15H12ClFN2O. The Labute approximate surface area is 121 Å². The standard InChI is InChI=1S/C15H12ClFN2O/c1-10-7-8-18-14(9-10)19-15(20)6-5-11-12(16)3-2-4-13(11)17/h2-9H,1H3,(H,18,19,20). The largest absolute Gasteiger partial charge is 0.307 e. The average molecular weight is 291 g/mol. The van der Waals surface area contributed by atoms with Gasteiger partial charge in [0.1, 0.15) is 11.6 Å². The first-order valence-corrected chi connectivity index (χ1v) is 6.30. The normalized spacial score (nSPS) is 10.8. The summed E-state index contributed by atoms with van der Waals surface area (Å²) in [4.78, 5) is 15.7. The van der Waals surface area contributed by atoms with E-state index in [0.29, 0.717) is 5.82 Å². The molecule has 0 aliphatic heterocycles. The van der Waals surface area contributed by atoms with Gasteiger partial charge in [-0.05, 0) is 42.8 Å². The van der Waals surface area contributed by atoms with E-state index in [9.17, 15) is 9.18 Å². The Bertz CT molecular complexity index is 650. The summed E-state index contributed by atoms with van der Waals surface area (Å²) in [5, 5.41) is 2.84. The maximum Gasteiger partial charge on any atom is 0.249 e. The highest BCUT2D eigenvalue weighted by Gasteiger charge is 2.04. The maximum atomic E-state index is 13.5. The van der Waals surface area contributed by atoms with Gasteiger partial charge in [-0.25, -0.2) is 9.37 Å². The third-order valence-corrected chi connectivity index (χ3v) is 2.90. The van der Waals surface area contributed by atoms with Crippen LogP contribution in [0.25, 0.3) is 6.08 Å². The van der Waals surface area contributed by atoms with Gasteiger partial charge in [0.05, 0.1) is 5.02 Å². The molecule has 1 heterocycles. The monoisotopic (exact) mass is 290 g/mol. The fourth-order valence-electron chi connectivity index (χ4n) is 1.60. The van der Waals surface area contributed by atoms with Gasteiger partial charge in [0.25, 0.3) is 0 Å². The van der Waals surface area contributed by atoms with Crippen LogP contribution in [0.2, 0.25) is 5.02 Å². The summed E-state index contributed by atoms with van der Waals surface area (Å²) in [6, 6.07) is 7.91. The molecule has 0 spiro atoms. The Hall–Kier alpha value is -2.20. The maximum absolute atomic E-state index is 13.5. The summed E-state index contributed by atoms with van der Waals surface area (Å²) in [6.45, 7) is 1.90. The van der Waals surface area contributed by atoms with Crippen molar-refractivity contribution >= 4 is 29.4 Å². The van der Waals surface area contributed by atoms with Crippen molar-refractivity contribution in [2.75, 3.05) is 5.32 Å². The zero-order valence-electron chi connectivity index (χ0n) is 10.7. The van der Waals surface area contributed by atoms with Crippen LogP contribution >= 0.6 is 11.6 Å². The highest BCUT2D eigenvalue weighted by atomic mass is 35.5. The Balaban J connectivity index is 2.10. The zero-order valence-corrected chi connectivity index (χ0v) is 11.5. The Morgan fingerprint density at radius 3 is 2.90 bits per heavy atom. The van der Waals surface area contributed by atoms with Crippen molar-refractivity contribution in [1.29, 1.82) is 0 Å². The number of halogens is 2. The second kappa shape index (κ2) is 6.30. The Morgan fingerprint density at radius 2 is 2.20 bits per heavy atom. The summed E-state index contributed by atoms with van der Waals surface area (Å²) in [7, 11) is 0. The second-order valence-electron chi connectivity index (χ2n) is 4.18. The molecule has 1 N–H and O–H groups in total. The van der Waals surface area contributed by atoms with Crippen molar-refractivity contribution < 1.29 is 9.18 Å². The van der Waals surface area contributed by atoms with Crippen LogP contribution in [-0.2, 0) is 4.79 Å². The zero-order chi connectivity index (χ0) is 14.5. The van der Waals surface area contributed by atoms with E-state index in [-0.39, 0.29) is 10.6 Å². The first kappa shape index (κ1) is 14.2. The summed E-state index contributed by atoms with van der Waals surface area (Å²) in [5.74, 6) is -0.433. The van der Waals surface area contributed by atoms with E-state index >= 15 is 0 Å². The minimum Gasteiger partial charge on any atom is -0.307 e. The fourth-order valence-corrected chi connectivity index (χ4v) is 1.83. The molecule has 20 heavy (non-hydrogen) atoms. The van der Waals surface area contributed by atoms with Gasteiger partial charge in [-0.15, -0.1) is 0 Å². The molecule has 0 fully saturated rings. The average Bonchev–Trinajstić information content (AvgIpc) is 2.38. The number of pyridine rings is 1. The molecule has 0 aliphatic rings. The molecule has 0 aliphatic carbocycles. The van der Waals surface area contributed by atoms with Gasteiger partial charge in [0, 0.05) is 17.8 Å². The number of benzene rings is 1. The van der Waals surface area contributed by atoms with Crippen molar-refractivity contribution in [1.82, 2.24) is 4.98 Å². The lowest BCUT2D eigenvalue weighted by Crippen LogP contribution is -2.09. The molecule has 2 aromatic rings. The van der Waals surface area contributed by atoms with E-state index in [2.05, 4.69) is 10.3 Å². The lowest BCUT2D eigenvalue weighted by Gasteiger charge is -2.02. The predicted octanol–water partition coefficient (Wildman–Crippen LogP) is 3.83. The number of hydrogen-bond donors (Lipinski definition) is 1. The van der Waals surface area contributed by atoms with Gasteiger partial charge in [0.2, 0.25) is 5.91 Å². The first-order chi connectivity index (χ1) is 9.56. The minimum absolute atomic E-state index is 0.182. The molecule has 0 atom stereocenters. The molecule has 0 unspecified atom stereocenters. The molecule has 0 bridgehead atoms. The highest BCUT2D eigenvalue weighted by Crippen LogP contribution is 2.20. The van der Waals surface area contributed by atoms with Crippen LogP contribution in [0.3, 0.4) is 0 Å². The van der Waals surface area contributed by atoms with Gasteiger partial charge in [0.15, 0.2) is 0 Å². The molecule has 1 aromatic heterocycles. The molecule has 0 saturated carbocycles. The van der Waals surface area contributed by atoms with Crippen LogP contribution in [0.5, 0.6) is 0 Å². The van der Waals surface area contributed by atoms with Gasteiger partial charge in [-0.2, -0.15) is 0 Å². The summed E-state index contributed by atoms with van der Waals surface area (Å²) in [6.07, 6.45) is 4.15. The van der Waals surface area contributed by atoms with Gasteiger partial charge >= 0.3 is 0 Å². The van der Waals surface area contributed by atoms with E-state index in [1.54, 1.807) is 18.3 Å². The smallest absolute Gasteiger partial charge is 0.249 e. The molecule has 3 nitrogen and oxygen atoms in total. The first-order valence-electron chi connectivity index (χ1n) is 5.92. The van der Waals surface area contributed by atoms with Crippen LogP contribution in [-0.4, -0.2) is 10.9 Å². The van der Waals surface area contributed by atoms with Crippen LogP contribution in [0, 0.1) is 12.7 Å². The Kier molecular flexibility index (Phi) is 4.48. The number of rotatable bonds is 3. The summed E-state index contributed by atoms with van der Waals surface area (Å²) < 4.78 is 13.5. The number of nitrogens with one attached hydrogen (secondary N) is 1. The van der Waals surface area contributed by atoms with Gasteiger partial charge < -0.3 is 5.32 Å². The number of anilines is 1. The van der Waals surface area contributed by atoms with Crippen LogP contribution in [0.15, 0.2) is 42.6 Å². The number of carbonyl (C=O) groups excluding carboxylic acids is 1. The van der Waals surface area contributed by atoms with E-state index < -0.39 is 11.7 Å². The van der Waals surface area contributed by atoms with Crippen molar-refractivity contribution in [3.8, 4) is 0 Å². The van der Waals surface area contributed by atoms with Gasteiger partial charge in [-0.1, -0.05) is 17.7 Å². The fraction of sp³-hybridized carbons (Fsp3) is 0.0667.